The summed E-state index contributed by atoms with van der Waals surface area (Å²) in [5.74, 6) is 0.311. The summed E-state index contributed by atoms with van der Waals surface area (Å²) in [5.41, 5.74) is 2.24. The van der Waals surface area contributed by atoms with Crippen molar-refractivity contribution in [2.45, 2.75) is 6.92 Å². The van der Waals surface area contributed by atoms with E-state index >= 15 is 0 Å². The molecule has 0 radical (unpaired) electrons. The van der Waals surface area contributed by atoms with E-state index in [9.17, 15) is 25.3 Å². The van der Waals surface area contributed by atoms with Crippen LogP contribution in [-0.4, -0.2) is 27.8 Å². The first-order chi connectivity index (χ1) is 12.3. The van der Waals surface area contributed by atoms with Crippen LogP contribution < -0.4 is 10.2 Å². The number of nitro groups is 2. The first kappa shape index (κ1) is 19.4. The number of ether oxygens (including phenoxy) is 1. The molecule has 0 aromatic heterocycles. The zero-order valence-electron chi connectivity index (χ0n) is 13.4. The van der Waals surface area contributed by atoms with Crippen molar-refractivity contribution in [3.8, 4) is 11.5 Å². The van der Waals surface area contributed by atoms with E-state index in [0.717, 1.165) is 12.1 Å². The minimum atomic E-state index is -0.735. The fourth-order valence-corrected chi connectivity index (χ4v) is 2.61. The number of benzene rings is 2. The van der Waals surface area contributed by atoms with Crippen LogP contribution in [0.4, 0.5) is 17.1 Å². The van der Waals surface area contributed by atoms with Gasteiger partial charge in [-0.1, -0.05) is 0 Å². The van der Waals surface area contributed by atoms with Gasteiger partial charge in [0.1, 0.15) is 5.69 Å². The van der Waals surface area contributed by atoms with Crippen LogP contribution in [0.15, 0.2) is 35.4 Å². The molecule has 11 heteroatoms. The minimum absolute atomic E-state index is 0.00959. The molecule has 2 aromatic carbocycles. The lowest BCUT2D eigenvalue weighted by Crippen LogP contribution is -1.99. The number of nitro benzene ring substituents is 2. The summed E-state index contributed by atoms with van der Waals surface area (Å²) >= 11 is 1.94. The molecular formula is C15H13IN4O6. The highest BCUT2D eigenvalue weighted by Gasteiger charge is 2.19. The Morgan fingerprint density at radius 3 is 2.62 bits per heavy atom. The fourth-order valence-electron chi connectivity index (χ4n) is 1.99. The van der Waals surface area contributed by atoms with Gasteiger partial charge >= 0.3 is 5.69 Å². The van der Waals surface area contributed by atoms with Gasteiger partial charge in [-0.2, -0.15) is 5.10 Å². The zero-order valence-corrected chi connectivity index (χ0v) is 15.5. The number of halogens is 1. The molecule has 0 bridgehead atoms. The normalized spacial score (nSPS) is 10.7. The summed E-state index contributed by atoms with van der Waals surface area (Å²) in [7, 11) is 0. The number of hydrogen-bond donors (Lipinski definition) is 2. The highest BCUT2D eigenvalue weighted by atomic mass is 127. The van der Waals surface area contributed by atoms with E-state index in [2.05, 4.69) is 10.5 Å². The van der Waals surface area contributed by atoms with Gasteiger partial charge in [0.2, 0.25) is 0 Å². The Kier molecular flexibility index (Phi) is 6.27. The Bertz CT molecular complexity index is 887. The van der Waals surface area contributed by atoms with Crippen molar-refractivity contribution in [3.05, 3.63) is 59.7 Å². The van der Waals surface area contributed by atoms with Crippen molar-refractivity contribution < 1.29 is 19.7 Å². The molecule has 10 nitrogen and oxygen atoms in total. The third kappa shape index (κ3) is 4.56. The smallest absolute Gasteiger partial charge is 0.301 e. The first-order valence-corrected chi connectivity index (χ1v) is 8.28. The van der Waals surface area contributed by atoms with E-state index in [1.54, 1.807) is 19.1 Å². The molecule has 0 atom stereocenters. The minimum Gasteiger partial charge on any atom is -0.504 e. The van der Waals surface area contributed by atoms with Gasteiger partial charge in [-0.3, -0.25) is 25.7 Å². The molecule has 2 aromatic rings. The second-order valence-corrected chi connectivity index (χ2v) is 6.03. The number of non-ortho nitro benzene ring substituents is 1. The Balaban J connectivity index is 2.26. The lowest BCUT2D eigenvalue weighted by atomic mass is 10.2. The van der Waals surface area contributed by atoms with Crippen LogP contribution in [-0.2, 0) is 0 Å². The average molecular weight is 472 g/mol. The van der Waals surface area contributed by atoms with Crippen molar-refractivity contribution in [1.29, 1.82) is 0 Å². The predicted molar refractivity (Wildman–Crippen MR) is 103 cm³/mol. The molecule has 0 saturated heterocycles. The molecule has 26 heavy (non-hydrogen) atoms. The molecule has 0 fully saturated rings. The number of nitrogens with one attached hydrogen (secondary N) is 1. The number of anilines is 1. The second kappa shape index (κ2) is 8.42. The number of aromatic hydroxyl groups is 1. The molecule has 0 heterocycles. The number of rotatable bonds is 7. The first-order valence-electron chi connectivity index (χ1n) is 7.20. The molecule has 0 aliphatic carbocycles. The Morgan fingerprint density at radius 1 is 1.27 bits per heavy atom. The maximum absolute atomic E-state index is 11.1. The van der Waals surface area contributed by atoms with E-state index in [-0.39, 0.29) is 17.1 Å². The monoisotopic (exact) mass is 472 g/mol. The second-order valence-electron chi connectivity index (χ2n) is 4.87. The molecule has 0 aliphatic rings. The average Bonchev–Trinajstić information content (AvgIpc) is 2.59. The molecular weight excluding hydrogens is 459 g/mol. The van der Waals surface area contributed by atoms with Crippen molar-refractivity contribution in [3.63, 3.8) is 0 Å². The van der Waals surface area contributed by atoms with Gasteiger partial charge in [-0.25, -0.2) is 0 Å². The SMILES string of the molecule is CCOc1cc(/C=N\Nc2ccc([N+](=O)[O-])cc2[N+](=O)[O-])cc(I)c1O. The van der Waals surface area contributed by atoms with Crippen LogP contribution in [0.1, 0.15) is 12.5 Å². The molecule has 0 saturated carbocycles. The lowest BCUT2D eigenvalue weighted by molar-refractivity contribution is -0.393. The number of hydrazone groups is 1. The van der Waals surface area contributed by atoms with Crippen LogP contribution in [0.5, 0.6) is 11.5 Å². The molecule has 136 valence electrons. The van der Waals surface area contributed by atoms with Gasteiger partial charge in [0, 0.05) is 6.07 Å². The summed E-state index contributed by atoms with van der Waals surface area (Å²) in [6.45, 7) is 2.15. The van der Waals surface area contributed by atoms with Gasteiger partial charge in [-0.05, 0) is 53.3 Å². The van der Waals surface area contributed by atoms with Crippen molar-refractivity contribution in [2.24, 2.45) is 5.10 Å². The topological polar surface area (TPSA) is 140 Å². The van der Waals surface area contributed by atoms with Crippen LogP contribution in [0, 0.1) is 23.8 Å². The molecule has 0 aliphatic heterocycles. The van der Waals surface area contributed by atoms with Crippen molar-refractivity contribution in [1.82, 2.24) is 0 Å². The molecule has 0 amide bonds. The molecule has 2 N–H and O–H groups in total. The summed E-state index contributed by atoms with van der Waals surface area (Å²) in [4.78, 5) is 20.4. The number of hydrogen-bond acceptors (Lipinski definition) is 8. The van der Waals surface area contributed by atoms with E-state index in [1.807, 2.05) is 22.6 Å². The maximum atomic E-state index is 11.1. The molecule has 0 unspecified atom stereocenters. The molecule has 2 rings (SSSR count). The predicted octanol–water partition coefficient (Wildman–Crippen LogP) is 3.66. The third-order valence-corrected chi connectivity index (χ3v) is 3.96. The molecule has 0 spiro atoms. The maximum Gasteiger partial charge on any atom is 0.301 e. The summed E-state index contributed by atoms with van der Waals surface area (Å²) in [6, 6.07) is 6.42. The quantitative estimate of drug-likeness (QED) is 0.271. The number of phenols is 1. The Hall–Kier alpha value is -2.96. The van der Waals surface area contributed by atoms with E-state index < -0.39 is 15.5 Å². The van der Waals surface area contributed by atoms with E-state index in [0.29, 0.717) is 21.5 Å². The van der Waals surface area contributed by atoms with Crippen LogP contribution >= 0.6 is 22.6 Å². The van der Waals surface area contributed by atoms with Gasteiger partial charge in [0.25, 0.3) is 5.69 Å². The summed E-state index contributed by atoms with van der Waals surface area (Å²) < 4.78 is 5.87. The summed E-state index contributed by atoms with van der Waals surface area (Å²) in [5, 5.41) is 35.6. The third-order valence-electron chi connectivity index (χ3n) is 3.14. The Labute approximate surface area is 160 Å². The van der Waals surface area contributed by atoms with Crippen LogP contribution in [0.3, 0.4) is 0 Å². The highest BCUT2D eigenvalue weighted by Crippen LogP contribution is 2.32. The largest absolute Gasteiger partial charge is 0.504 e. The van der Waals surface area contributed by atoms with Crippen LogP contribution in [0.2, 0.25) is 0 Å². The zero-order chi connectivity index (χ0) is 19.3. The van der Waals surface area contributed by atoms with Gasteiger partial charge < -0.3 is 9.84 Å². The van der Waals surface area contributed by atoms with Crippen molar-refractivity contribution in [2.75, 3.05) is 12.0 Å². The summed E-state index contributed by atoms with van der Waals surface area (Å²) in [6.07, 6.45) is 1.38. The van der Waals surface area contributed by atoms with Crippen LogP contribution in [0.25, 0.3) is 0 Å². The highest BCUT2D eigenvalue weighted by molar-refractivity contribution is 14.1. The number of nitrogens with zero attached hydrogens (tertiary/aromatic N) is 3. The van der Waals surface area contributed by atoms with Crippen molar-refractivity contribution >= 4 is 45.9 Å². The van der Waals surface area contributed by atoms with Gasteiger partial charge in [-0.15, -0.1) is 0 Å². The van der Waals surface area contributed by atoms with E-state index in [1.165, 1.54) is 12.3 Å². The lowest BCUT2D eigenvalue weighted by Gasteiger charge is -2.08. The van der Waals surface area contributed by atoms with Gasteiger partial charge in [0.15, 0.2) is 11.5 Å². The van der Waals surface area contributed by atoms with E-state index in [4.69, 9.17) is 4.74 Å². The Morgan fingerprint density at radius 2 is 2.00 bits per heavy atom. The fraction of sp³-hybridized carbons (Fsp3) is 0.133. The standard InChI is InChI=1S/C15H13IN4O6/c1-2-26-14-6-9(5-11(16)15(14)21)8-17-18-12-4-3-10(19(22)23)7-13(12)20(24)25/h3-8,18,21H,2H2,1H3/b17-8-. The number of phenolic OH excluding ortho intramolecular Hbond substituents is 1. The van der Waals surface area contributed by atoms with Gasteiger partial charge in [0.05, 0.1) is 32.3 Å².